The summed E-state index contributed by atoms with van der Waals surface area (Å²) in [6, 6.07) is 9.89. The van der Waals surface area contributed by atoms with E-state index < -0.39 is 10.0 Å². The van der Waals surface area contributed by atoms with E-state index in [1.165, 1.54) is 26.6 Å². The Morgan fingerprint density at radius 1 is 1.03 bits per heavy atom. The lowest BCUT2D eigenvalue weighted by atomic mass is 9.89. The zero-order chi connectivity index (χ0) is 20.7. The quantitative estimate of drug-likeness (QED) is 0.662. The van der Waals surface area contributed by atoms with Gasteiger partial charge in [0.2, 0.25) is 10.0 Å². The van der Waals surface area contributed by atoms with Crippen LogP contribution in [0.1, 0.15) is 46.8 Å². The highest BCUT2D eigenvalue weighted by Gasteiger charge is 2.34. The van der Waals surface area contributed by atoms with E-state index in [1.54, 1.807) is 11.4 Å². The van der Waals surface area contributed by atoms with Gasteiger partial charge in [0, 0.05) is 43.3 Å². The zero-order valence-corrected chi connectivity index (χ0v) is 18.3. The number of nitrogens with one attached hydrogen (secondary N) is 1. The van der Waals surface area contributed by atoms with Crippen LogP contribution < -0.4 is 0 Å². The van der Waals surface area contributed by atoms with Crippen molar-refractivity contribution in [3.63, 3.8) is 0 Å². The highest BCUT2D eigenvalue weighted by molar-refractivity contribution is 7.89. The van der Waals surface area contributed by atoms with Crippen LogP contribution in [0.2, 0.25) is 0 Å². The lowest BCUT2D eigenvalue weighted by Crippen LogP contribution is -2.38. The van der Waals surface area contributed by atoms with Gasteiger partial charge in [-0.25, -0.2) is 8.42 Å². The number of aromatic nitrogens is 1. The van der Waals surface area contributed by atoms with Crippen LogP contribution >= 0.6 is 11.3 Å². The summed E-state index contributed by atoms with van der Waals surface area (Å²) in [6.45, 7) is 2.37. The Morgan fingerprint density at radius 2 is 1.77 bits per heavy atom. The fraction of sp³-hybridized carbons (Fsp3) is 0.409. The molecular formula is C22H25N3O3S2. The van der Waals surface area contributed by atoms with Crippen molar-refractivity contribution >= 4 is 38.2 Å². The first kappa shape index (κ1) is 19.8. The predicted octanol–water partition coefficient (Wildman–Crippen LogP) is 4.03. The molecule has 30 heavy (non-hydrogen) atoms. The van der Waals surface area contributed by atoms with E-state index in [2.05, 4.69) is 29.4 Å². The molecule has 1 aromatic carbocycles. The number of benzene rings is 1. The lowest BCUT2D eigenvalue weighted by Gasteiger charge is -2.32. The molecule has 2 saturated heterocycles. The van der Waals surface area contributed by atoms with E-state index in [-0.39, 0.29) is 10.8 Å². The Hall–Kier alpha value is -2.16. The van der Waals surface area contributed by atoms with Crippen molar-refractivity contribution in [1.82, 2.24) is 14.2 Å². The number of sulfonamides is 1. The fourth-order valence-electron chi connectivity index (χ4n) is 4.69. The molecule has 0 atom stereocenters. The number of amides is 1. The molecule has 2 aliphatic rings. The maximum absolute atomic E-state index is 13.2. The van der Waals surface area contributed by atoms with Gasteiger partial charge in [0.25, 0.3) is 5.91 Å². The average molecular weight is 444 g/mol. The molecule has 0 saturated carbocycles. The van der Waals surface area contributed by atoms with Crippen LogP contribution in [0.4, 0.5) is 0 Å². The minimum absolute atomic E-state index is 0.153. The average Bonchev–Trinajstić information content (AvgIpc) is 3.54. The van der Waals surface area contributed by atoms with E-state index >= 15 is 0 Å². The normalized spacial score (nSPS) is 19.0. The topological polar surface area (TPSA) is 73.5 Å². The summed E-state index contributed by atoms with van der Waals surface area (Å²) >= 11 is 1.24. The van der Waals surface area contributed by atoms with Crippen molar-refractivity contribution in [2.45, 2.75) is 36.5 Å². The number of fused-ring (bicyclic) bond motifs is 1. The molecule has 0 spiro atoms. The molecule has 158 valence electrons. The van der Waals surface area contributed by atoms with Crippen LogP contribution in [0, 0.1) is 0 Å². The molecule has 0 bridgehead atoms. The fourth-order valence-corrected chi connectivity index (χ4v) is 7.57. The third-order valence-electron chi connectivity index (χ3n) is 6.35. The van der Waals surface area contributed by atoms with Crippen molar-refractivity contribution in [3.8, 4) is 0 Å². The number of hydrogen-bond donors (Lipinski definition) is 1. The van der Waals surface area contributed by atoms with Gasteiger partial charge in [0.15, 0.2) is 0 Å². The second-order valence-electron chi connectivity index (χ2n) is 8.08. The highest BCUT2D eigenvalue weighted by Crippen LogP contribution is 2.35. The molecule has 4 heterocycles. The minimum Gasteiger partial charge on any atom is -0.361 e. The monoisotopic (exact) mass is 443 g/mol. The lowest BCUT2D eigenvalue weighted by molar-refractivity contribution is 0.0714. The second kappa shape index (κ2) is 7.83. The van der Waals surface area contributed by atoms with Crippen molar-refractivity contribution in [2.75, 3.05) is 26.2 Å². The van der Waals surface area contributed by atoms with Gasteiger partial charge in [-0.1, -0.05) is 18.2 Å². The number of aromatic amines is 1. The van der Waals surface area contributed by atoms with Crippen LogP contribution in [0.25, 0.3) is 10.9 Å². The molecule has 0 radical (unpaired) electrons. The molecule has 1 N–H and O–H groups in total. The number of carbonyl (C=O) groups excluding carboxylic acids is 1. The van der Waals surface area contributed by atoms with E-state index in [9.17, 15) is 13.2 Å². The van der Waals surface area contributed by atoms with Crippen molar-refractivity contribution in [1.29, 1.82) is 0 Å². The maximum Gasteiger partial charge on any atom is 0.265 e. The zero-order valence-electron chi connectivity index (χ0n) is 16.7. The van der Waals surface area contributed by atoms with E-state index in [0.29, 0.717) is 37.0 Å². The van der Waals surface area contributed by atoms with Gasteiger partial charge >= 0.3 is 0 Å². The van der Waals surface area contributed by atoms with Crippen LogP contribution in [0.15, 0.2) is 46.8 Å². The molecule has 0 aliphatic carbocycles. The summed E-state index contributed by atoms with van der Waals surface area (Å²) < 4.78 is 27.5. The Bertz CT molecular complexity index is 1170. The number of likely N-dealkylation sites (tertiary alicyclic amines) is 1. The number of carbonyl (C=O) groups is 1. The number of hydrogen-bond acceptors (Lipinski definition) is 4. The highest BCUT2D eigenvalue weighted by atomic mass is 32.2. The molecule has 3 aromatic rings. The van der Waals surface area contributed by atoms with Crippen LogP contribution in [0.5, 0.6) is 0 Å². The summed E-state index contributed by atoms with van der Waals surface area (Å²) in [4.78, 5) is 18.9. The maximum atomic E-state index is 13.2. The first-order valence-corrected chi connectivity index (χ1v) is 12.8. The van der Waals surface area contributed by atoms with Gasteiger partial charge in [0.1, 0.15) is 9.77 Å². The molecule has 8 heteroatoms. The first-order chi connectivity index (χ1) is 14.6. The minimum atomic E-state index is -3.59. The van der Waals surface area contributed by atoms with Crippen LogP contribution in [-0.2, 0) is 10.0 Å². The number of nitrogens with zero attached hydrogens (tertiary/aromatic N) is 2. The largest absolute Gasteiger partial charge is 0.361 e. The van der Waals surface area contributed by atoms with E-state index in [4.69, 9.17) is 0 Å². The van der Waals surface area contributed by atoms with Gasteiger partial charge in [0.05, 0.1) is 0 Å². The van der Waals surface area contributed by atoms with Crippen LogP contribution in [0.3, 0.4) is 0 Å². The molecule has 2 aliphatic heterocycles. The number of H-pyrrole nitrogens is 1. The second-order valence-corrected chi connectivity index (χ2v) is 10.9. The number of thiophene rings is 1. The van der Waals surface area contributed by atoms with Gasteiger partial charge < -0.3 is 9.88 Å². The molecule has 2 fully saturated rings. The standard InChI is InChI=1S/C22H25N3O3S2/c26-22(21-20(9-14-29-21)30(27,28)25-10-3-4-11-25)24-12-7-16(8-13-24)18-15-23-19-6-2-1-5-17(18)19/h1-2,5-6,9,14-16,23H,3-4,7-8,10-13H2. The number of para-hydroxylation sites is 1. The molecule has 5 rings (SSSR count). The van der Waals surface area contributed by atoms with Crippen molar-refractivity contribution < 1.29 is 13.2 Å². The summed E-state index contributed by atoms with van der Waals surface area (Å²) in [5.74, 6) is 0.251. The predicted molar refractivity (Wildman–Crippen MR) is 118 cm³/mol. The summed E-state index contributed by atoms with van der Waals surface area (Å²) in [5, 5.41) is 2.97. The van der Waals surface area contributed by atoms with Gasteiger partial charge in [-0.05, 0) is 54.7 Å². The molecule has 1 amide bonds. The summed E-state index contributed by atoms with van der Waals surface area (Å²) in [6.07, 6.45) is 5.62. The van der Waals surface area contributed by atoms with Crippen molar-refractivity contribution in [3.05, 3.63) is 52.3 Å². The SMILES string of the molecule is O=C(c1sccc1S(=O)(=O)N1CCCC1)N1CCC(c2c[nH]c3ccccc23)CC1. The van der Waals surface area contributed by atoms with Gasteiger partial charge in [-0.2, -0.15) is 4.31 Å². The Labute approximate surface area is 180 Å². The molecule has 0 unspecified atom stereocenters. The van der Waals surface area contributed by atoms with E-state index in [0.717, 1.165) is 31.2 Å². The Morgan fingerprint density at radius 3 is 2.53 bits per heavy atom. The number of piperidine rings is 1. The summed E-state index contributed by atoms with van der Waals surface area (Å²) in [5.41, 5.74) is 2.45. The molecular weight excluding hydrogens is 418 g/mol. The van der Waals surface area contributed by atoms with Crippen LogP contribution in [-0.4, -0.2) is 54.7 Å². The Kier molecular flexibility index (Phi) is 5.16. The Balaban J connectivity index is 1.32. The smallest absolute Gasteiger partial charge is 0.265 e. The van der Waals surface area contributed by atoms with Crippen molar-refractivity contribution in [2.24, 2.45) is 0 Å². The van der Waals surface area contributed by atoms with Gasteiger partial charge in [-0.3, -0.25) is 4.79 Å². The van der Waals surface area contributed by atoms with Gasteiger partial charge in [-0.15, -0.1) is 11.3 Å². The third-order valence-corrected chi connectivity index (χ3v) is 9.32. The van der Waals surface area contributed by atoms with E-state index in [1.807, 2.05) is 11.0 Å². The molecule has 2 aromatic heterocycles. The summed E-state index contributed by atoms with van der Waals surface area (Å²) in [7, 11) is -3.59. The third kappa shape index (κ3) is 3.36. The molecule has 6 nitrogen and oxygen atoms in total. The first-order valence-electron chi connectivity index (χ1n) is 10.5. The number of rotatable bonds is 4.